The van der Waals surface area contributed by atoms with Crippen LogP contribution in [0.5, 0.6) is 0 Å². The minimum atomic E-state index is -0.259. The predicted octanol–water partition coefficient (Wildman–Crippen LogP) is 3.72. The van der Waals surface area contributed by atoms with Crippen LogP contribution >= 0.6 is 0 Å². The van der Waals surface area contributed by atoms with E-state index in [1.54, 1.807) is 12.1 Å². The van der Waals surface area contributed by atoms with Gasteiger partial charge in [-0.15, -0.1) is 0 Å². The van der Waals surface area contributed by atoms with Crippen molar-refractivity contribution >= 4 is 5.82 Å². The van der Waals surface area contributed by atoms with Gasteiger partial charge in [0.2, 0.25) is 0 Å². The summed E-state index contributed by atoms with van der Waals surface area (Å²) in [7, 11) is 0. The van der Waals surface area contributed by atoms with Crippen molar-refractivity contribution in [3.63, 3.8) is 0 Å². The Labute approximate surface area is 112 Å². The van der Waals surface area contributed by atoms with Crippen LogP contribution in [0.1, 0.15) is 24.7 Å². The summed E-state index contributed by atoms with van der Waals surface area (Å²) in [4.78, 5) is 8.76. The third-order valence-electron chi connectivity index (χ3n) is 2.93. The summed E-state index contributed by atoms with van der Waals surface area (Å²) in [5.41, 5.74) is 2.05. The molecule has 3 nitrogen and oxygen atoms in total. The van der Waals surface area contributed by atoms with Gasteiger partial charge >= 0.3 is 0 Å². The van der Waals surface area contributed by atoms with E-state index in [2.05, 4.69) is 22.2 Å². The summed E-state index contributed by atoms with van der Waals surface area (Å²) in [6, 6.07) is 6.69. The number of aromatic nitrogens is 2. The number of aryl methyl sites for hydroxylation is 1. The fourth-order valence-electron chi connectivity index (χ4n) is 1.96. The summed E-state index contributed by atoms with van der Waals surface area (Å²) in [5, 5.41) is 3.26. The van der Waals surface area contributed by atoms with Gasteiger partial charge in [0.1, 0.15) is 17.5 Å². The fraction of sp³-hybridized carbons (Fsp3) is 0.333. The molecular weight excluding hydrogens is 241 g/mol. The molecule has 0 fully saturated rings. The highest BCUT2D eigenvalue weighted by Gasteiger charge is 2.13. The van der Waals surface area contributed by atoms with Gasteiger partial charge in [-0.25, -0.2) is 14.4 Å². The number of hydrogen-bond acceptors (Lipinski definition) is 3. The molecule has 0 spiro atoms. The van der Waals surface area contributed by atoms with Gasteiger partial charge < -0.3 is 5.32 Å². The van der Waals surface area contributed by atoms with Gasteiger partial charge in [-0.2, -0.15) is 0 Å². The van der Waals surface area contributed by atoms with Crippen LogP contribution in [-0.2, 0) is 0 Å². The van der Waals surface area contributed by atoms with Crippen LogP contribution in [0.15, 0.2) is 24.3 Å². The monoisotopic (exact) mass is 259 g/mol. The third-order valence-corrected chi connectivity index (χ3v) is 2.93. The van der Waals surface area contributed by atoms with Gasteiger partial charge in [0, 0.05) is 17.7 Å². The van der Waals surface area contributed by atoms with Gasteiger partial charge in [0.15, 0.2) is 0 Å². The second-order valence-electron chi connectivity index (χ2n) is 4.50. The smallest absolute Gasteiger partial charge is 0.133 e. The molecule has 0 aliphatic carbocycles. The zero-order valence-corrected chi connectivity index (χ0v) is 11.5. The lowest BCUT2D eigenvalue weighted by molar-refractivity contribution is 0.630. The first kappa shape index (κ1) is 13.5. The summed E-state index contributed by atoms with van der Waals surface area (Å²) in [6.07, 6.45) is 1.01. The molecule has 0 radical (unpaired) electrons. The molecule has 2 rings (SSSR count). The second-order valence-corrected chi connectivity index (χ2v) is 4.50. The van der Waals surface area contributed by atoms with Crippen LogP contribution in [0.3, 0.4) is 0 Å². The maximum Gasteiger partial charge on any atom is 0.133 e. The van der Waals surface area contributed by atoms with Crippen molar-refractivity contribution in [2.75, 3.05) is 11.9 Å². The summed E-state index contributed by atoms with van der Waals surface area (Å²) < 4.78 is 13.9. The zero-order chi connectivity index (χ0) is 13.8. The normalized spacial score (nSPS) is 10.5. The average molecular weight is 259 g/mol. The largest absolute Gasteiger partial charge is 0.370 e. The highest BCUT2D eigenvalue weighted by atomic mass is 19.1. The van der Waals surface area contributed by atoms with Crippen LogP contribution in [0, 0.1) is 19.7 Å². The number of nitrogens with zero attached hydrogens (tertiary/aromatic N) is 2. The number of hydrogen-bond donors (Lipinski definition) is 1. The molecule has 0 amide bonds. The number of nitrogens with one attached hydrogen (secondary N) is 1. The van der Waals surface area contributed by atoms with E-state index in [9.17, 15) is 4.39 Å². The molecule has 0 aliphatic rings. The molecule has 4 heteroatoms. The Hall–Kier alpha value is -1.97. The highest BCUT2D eigenvalue weighted by Crippen LogP contribution is 2.27. The highest BCUT2D eigenvalue weighted by molar-refractivity contribution is 5.68. The molecule has 0 saturated heterocycles. The number of rotatable bonds is 4. The lowest BCUT2D eigenvalue weighted by Crippen LogP contribution is -2.07. The van der Waals surface area contributed by atoms with E-state index in [1.165, 1.54) is 6.07 Å². The van der Waals surface area contributed by atoms with Gasteiger partial charge in [-0.3, -0.25) is 0 Å². The van der Waals surface area contributed by atoms with Gasteiger partial charge in [-0.05, 0) is 32.4 Å². The Morgan fingerprint density at radius 3 is 2.58 bits per heavy atom. The van der Waals surface area contributed by atoms with Crippen LogP contribution in [0.2, 0.25) is 0 Å². The number of benzene rings is 1. The van der Waals surface area contributed by atoms with E-state index in [4.69, 9.17) is 0 Å². The van der Waals surface area contributed by atoms with Crippen molar-refractivity contribution in [3.05, 3.63) is 41.5 Å². The number of anilines is 1. The summed E-state index contributed by atoms with van der Waals surface area (Å²) >= 11 is 0. The molecule has 100 valence electrons. The van der Waals surface area contributed by atoms with E-state index in [0.29, 0.717) is 17.1 Å². The van der Waals surface area contributed by atoms with E-state index in [1.807, 2.05) is 19.9 Å². The molecule has 1 aromatic carbocycles. The van der Waals surface area contributed by atoms with Gasteiger partial charge in [-0.1, -0.05) is 19.1 Å². The Kier molecular flexibility index (Phi) is 4.10. The Bertz CT molecular complexity index is 582. The molecule has 1 heterocycles. The van der Waals surface area contributed by atoms with Crippen molar-refractivity contribution in [1.29, 1.82) is 0 Å². The molecule has 0 bridgehead atoms. The van der Waals surface area contributed by atoms with E-state index >= 15 is 0 Å². The quantitative estimate of drug-likeness (QED) is 0.909. The molecule has 1 N–H and O–H groups in total. The first-order chi connectivity index (χ1) is 9.13. The topological polar surface area (TPSA) is 37.8 Å². The van der Waals surface area contributed by atoms with Crippen LogP contribution in [0.25, 0.3) is 11.3 Å². The SMILES string of the molecule is CCCNc1nc(C)nc(-c2ccccc2F)c1C. The summed E-state index contributed by atoms with van der Waals surface area (Å²) in [6.45, 7) is 6.67. The van der Waals surface area contributed by atoms with Gasteiger partial charge in [0.05, 0.1) is 5.69 Å². The minimum Gasteiger partial charge on any atom is -0.370 e. The average Bonchev–Trinajstić information content (AvgIpc) is 2.40. The van der Waals surface area contributed by atoms with Crippen molar-refractivity contribution in [2.45, 2.75) is 27.2 Å². The van der Waals surface area contributed by atoms with Gasteiger partial charge in [0.25, 0.3) is 0 Å². The van der Waals surface area contributed by atoms with Crippen molar-refractivity contribution in [1.82, 2.24) is 9.97 Å². The predicted molar refractivity (Wildman–Crippen MR) is 75.7 cm³/mol. The standard InChI is InChI=1S/C15H18FN3/c1-4-9-17-15-10(2)14(18-11(3)19-15)12-7-5-6-8-13(12)16/h5-8H,4,9H2,1-3H3,(H,17,18,19). The zero-order valence-electron chi connectivity index (χ0n) is 11.5. The first-order valence-electron chi connectivity index (χ1n) is 6.47. The third kappa shape index (κ3) is 2.89. The molecule has 0 atom stereocenters. The lowest BCUT2D eigenvalue weighted by Gasteiger charge is -2.13. The molecule has 0 aliphatic heterocycles. The molecular formula is C15H18FN3. The van der Waals surface area contributed by atoms with Crippen molar-refractivity contribution in [2.24, 2.45) is 0 Å². The number of halogens is 1. The van der Waals surface area contributed by atoms with Crippen molar-refractivity contribution < 1.29 is 4.39 Å². The lowest BCUT2D eigenvalue weighted by atomic mass is 10.1. The Balaban J connectivity index is 2.52. The maximum absolute atomic E-state index is 13.9. The van der Waals surface area contributed by atoms with E-state index < -0.39 is 0 Å². The summed E-state index contributed by atoms with van der Waals surface area (Å²) in [5.74, 6) is 1.17. The molecule has 1 aromatic heterocycles. The van der Waals surface area contributed by atoms with E-state index in [-0.39, 0.29) is 5.82 Å². The Morgan fingerprint density at radius 1 is 1.16 bits per heavy atom. The minimum absolute atomic E-state index is 0.259. The van der Waals surface area contributed by atoms with Crippen LogP contribution in [-0.4, -0.2) is 16.5 Å². The van der Waals surface area contributed by atoms with Crippen LogP contribution < -0.4 is 5.32 Å². The first-order valence-corrected chi connectivity index (χ1v) is 6.47. The Morgan fingerprint density at radius 2 is 1.89 bits per heavy atom. The second kappa shape index (κ2) is 5.78. The molecule has 2 aromatic rings. The molecule has 0 saturated carbocycles. The van der Waals surface area contributed by atoms with E-state index in [0.717, 1.165) is 24.3 Å². The maximum atomic E-state index is 13.9. The molecule has 19 heavy (non-hydrogen) atoms. The van der Waals surface area contributed by atoms with Crippen LogP contribution in [0.4, 0.5) is 10.2 Å². The fourth-order valence-corrected chi connectivity index (χ4v) is 1.96. The van der Waals surface area contributed by atoms with Crippen molar-refractivity contribution in [3.8, 4) is 11.3 Å². The molecule has 0 unspecified atom stereocenters.